The Morgan fingerprint density at radius 2 is 0.540 bits per heavy atom. The van der Waals surface area contributed by atoms with Gasteiger partial charge in [0.05, 0.1) is 11.4 Å². The van der Waals surface area contributed by atoms with E-state index in [1.807, 2.05) is 0 Å². The van der Waals surface area contributed by atoms with Crippen molar-refractivity contribution in [3.8, 4) is 11.1 Å². The summed E-state index contributed by atoms with van der Waals surface area (Å²) in [6.45, 7) is 19.6. The Balaban J connectivity index is 0.961. The lowest BCUT2D eigenvalue weighted by Crippen LogP contribution is -2.11. The lowest BCUT2D eigenvalue weighted by atomic mass is 9.90. The first-order chi connectivity index (χ1) is 42.3. The van der Waals surface area contributed by atoms with Gasteiger partial charge in [0.15, 0.2) is 0 Å². The van der Waals surface area contributed by atoms with Crippen molar-refractivity contribution in [1.29, 1.82) is 0 Å². The monoisotopic (exact) mass is 1120 g/mol. The van der Waals surface area contributed by atoms with E-state index in [0.29, 0.717) is 0 Å². The molecule has 0 amide bonds. The second-order valence-corrected chi connectivity index (χ2v) is 23.6. The van der Waals surface area contributed by atoms with Gasteiger partial charge < -0.3 is 9.80 Å². The van der Waals surface area contributed by atoms with E-state index in [-0.39, 0.29) is 0 Å². The number of aryl methyl sites for hydroxylation is 5. The topological polar surface area (TPSA) is 6.48 Å². The predicted molar refractivity (Wildman–Crippen MR) is 380 cm³/mol. The minimum Gasteiger partial charge on any atom is -0.310 e. The Hall–Kier alpha value is -10.3. The predicted octanol–water partition coefficient (Wildman–Crippen LogP) is 24.4. The number of fused-ring (bicyclic) bond motifs is 2. The van der Waals surface area contributed by atoms with Crippen molar-refractivity contribution in [2.75, 3.05) is 9.80 Å². The quantitative estimate of drug-likeness (QED) is 0.0944. The third-order valence-electron chi connectivity index (χ3n) is 17.1. The summed E-state index contributed by atoms with van der Waals surface area (Å²) >= 11 is 0. The zero-order valence-corrected chi connectivity index (χ0v) is 51.5. The molecular weight excluding hydrogens is 1050 g/mol. The Morgan fingerprint density at radius 3 is 0.874 bits per heavy atom. The van der Waals surface area contributed by atoms with E-state index >= 15 is 0 Å². The Bertz CT molecular complexity index is 4350. The first kappa shape index (κ1) is 57.2. The van der Waals surface area contributed by atoms with Gasteiger partial charge in [0.25, 0.3) is 0 Å². The summed E-state index contributed by atoms with van der Waals surface area (Å²) < 4.78 is 0. The number of rotatable bonds is 15. The fourth-order valence-electron chi connectivity index (χ4n) is 12.0. The van der Waals surface area contributed by atoms with Crippen LogP contribution in [-0.2, 0) is 0 Å². The van der Waals surface area contributed by atoms with Gasteiger partial charge in [0, 0.05) is 33.5 Å². The molecule has 0 unspecified atom stereocenters. The standard InChI is InChI=1S/C85H74N2/c1-57-17-33-70(34-18-57)62(6)53-66-25-41-74(42-26-66)86(75-43-27-67(28-44-75)54-63(7)71-35-19-58(2)20-36-71)83-51-49-79(78-14-10-11-15-80(78)83)81-50-52-84(82-16-12-13-61(5)85(81)82)87(76-45-29-68(30-46-76)55-64(8)72-37-21-59(3)22-38-72)77-47-31-69(32-48-77)56-65(9)73-39-23-60(4)24-40-73/h10-56H,1-9H3/b62-53+,63-54+,64-55+,65-56+. The second kappa shape index (κ2) is 25.1. The summed E-state index contributed by atoms with van der Waals surface area (Å²) in [7, 11) is 0. The van der Waals surface area contributed by atoms with Crippen LogP contribution >= 0.6 is 0 Å². The van der Waals surface area contributed by atoms with E-state index in [9.17, 15) is 0 Å². The largest absolute Gasteiger partial charge is 0.310 e. The van der Waals surface area contributed by atoms with Crippen LogP contribution in [0.15, 0.2) is 261 Å². The summed E-state index contributed by atoms with van der Waals surface area (Å²) in [6.07, 6.45) is 9.13. The van der Waals surface area contributed by atoms with Crippen molar-refractivity contribution < 1.29 is 0 Å². The summed E-state index contributed by atoms with van der Waals surface area (Å²) in [5.41, 5.74) is 29.7. The average Bonchev–Trinajstić information content (AvgIpc) is 1.39. The maximum absolute atomic E-state index is 2.43. The number of hydrogen-bond acceptors (Lipinski definition) is 2. The highest BCUT2D eigenvalue weighted by molar-refractivity contribution is 6.14. The molecule has 424 valence electrons. The van der Waals surface area contributed by atoms with Crippen molar-refractivity contribution in [2.45, 2.75) is 62.3 Å². The Kier molecular flexibility index (Phi) is 16.5. The highest BCUT2D eigenvalue weighted by atomic mass is 15.1. The molecule has 2 nitrogen and oxygen atoms in total. The third-order valence-corrected chi connectivity index (χ3v) is 17.1. The zero-order chi connectivity index (χ0) is 60.1. The van der Waals surface area contributed by atoms with Crippen LogP contribution in [0.1, 0.15) is 100 Å². The van der Waals surface area contributed by atoms with Crippen LogP contribution in [0.2, 0.25) is 0 Å². The van der Waals surface area contributed by atoms with E-state index < -0.39 is 0 Å². The number of anilines is 6. The van der Waals surface area contributed by atoms with E-state index in [2.05, 4.69) is 357 Å². The summed E-state index contributed by atoms with van der Waals surface area (Å²) in [4.78, 5) is 4.86. The summed E-state index contributed by atoms with van der Waals surface area (Å²) in [5.74, 6) is 0. The molecule has 0 aliphatic heterocycles. The molecule has 87 heavy (non-hydrogen) atoms. The molecule has 0 aliphatic rings. The van der Waals surface area contributed by atoms with E-state index in [4.69, 9.17) is 0 Å². The molecule has 0 heterocycles. The molecule has 0 aliphatic carbocycles. The molecule has 0 bridgehead atoms. The van der Waals surface area contributed by atoms with Crippen molar-refractivity contribution in [1.82, 2.24) is 0 Å². The van der Waals surface area contributed by atoms with Gasteiger partial charge in [-0.2, -0.15) is 0 Å². The van der Waals surface area contributed by atoms with E-state index in [0.717, 1.165) is 56.4 Å². The van der Waals surface area contributed by atoms with Crippen molar-refractivity contribution in [3.05, 3.63) is 333 Å². The van der Waals surface area contributed by atoms with Crippen LogP contribution in [-0.4, -0.2) is 0 Å². The zero-order valence-electron chi connectivity index (χ0n) is 51.5. The molecule has 12 aromatic rings. The van der Waals surface area contributed by atoms with E-state index in [1.54, 1.807) is 0 Å². The molecular formula is C85H74N2. The van der Waals surface area contributed by atoms with Gasteiger partial charge in [-0.05, 0) is 217 Å². The second-order valence-electron chi connectivity index (χ2n) is 23.6. The normalized spacial score (nSPS) is 12.2. The molecule has 0 saturated heterocycles. The van der Waals surface area contributed by atoms with Gasteiger partial charge in [-0.1, -0.05) is 247 Å². The first-order valence-corrected chi connectivity index (χ1v) is 30.4. The highest BCUT2D eigenvalue weighted by Crippen LogP contribution is 2.47. The van der Waals surface area contributed by atoms with Gasteiger partial charge in [-0.15, -0.1) is 0 Å². The van der Waals surface area contributed by atoms with Crippen molar-refractivity contribution >= 4 is 102 Å². The number of hydrogen-bond donors (Lipinski definition) is 0. The lowest BCUT2D eigenvalue weighted by molar-refractivity contribution is 1.29. The van der Waals surface area contributed by atoms with Crippen LogP contribution in [0.5, 0.6) is 0 Å². The molecule has 2 heteroatoms. The van der Waals surface area contributed by atoms with Gasteiger partial charge in [-0.25, -0.2) is 0 Å². The number of allylic oxidation sites excluding steroid dienone is 4. The SMILES string of the molecule is C/C(=C\c1ccc(N(c2ccc(/C=C(\C)c3ccc(C)cc3)cc2)c2ccc(-c3ccc(N(c4ccc(/C=C(\C)c5ccc(C)cc5)cc4)c4ccc(/C=C(\C)c5ccc(C)cc5)cc4)c4cccc(C)c34)c3ccccc23)cc1)c1ccc(C)cc1. The fourth-order valence-corrected chi connectivity index (χ4v) is 12.0. The van der Waals surface area contributed by atoms with Gasteiger partial charge >= 0.3 is 0 Å². The maximum atomic E-state index is 2.43. The van der Waals surface area contributed by atoms with Crippen LogP contribution in [0.3, 0.4) is 0 Å². The maximum Gasteiger partial charge on any atom is 0.0540 e. The number of benzene rings is 12. The third kappa shape index (κ3) is 12.6. The molecule has 0 N–H and O–H groups in total. The minimum absolute atomic E-state index is 1.08. The Labute approximate surface area is 515 Å². The number of nitrogens with zero attached hydrogens (tertiary/aromatic N) is 2. The molecule has 0 atom stereocenters. The van der Waals surface area contributed by atoms with Crippen LogP contribution in [0.4, 0.5) is 34.1 Å². The molecule has 12 rings (SSSR count). The molecule has 0 aromatic heterocycles. The molecule has 0 saturated carbocycles. The molecule has 0 fully saturated rings. The summed E-state index contributed by atoms with van der Waals surface area (Å²) in [5, 5.41) is 4.76. The van der Waals surface area contributed by atoms with Crippen molar-refractivity contribution in [2.24, 2.45) is 0 Å². The van der Waals surface area contributed by atoms with Crippen LogP contribution in [0, 0.1) is 34.6 Å². The smallest absolute Gasteiger partial charge is 0.0540 e. The molecule has 0 radical (unpaired) electrons. The summed E-state index contributed by atoms with van der Waals surface area (Å²) in [6, 6.07) is 96.4. The Morgan fingerprint density at radius 1 is 0.253 bits per heavy atom. The molecule has 12 aromatic carbocycles. The average molecular weight is 1120 g/mol. The van der Waals surface area contributed by atoms with E-state index in [1.165, 1.54) is 105 Å². The fraction of sp³-hybridized carbons (Fsp3) is 0.106. The minimum atomic E-state index is 1.08. The van der Waals surface area contributed by atoms with Crippen molar-refractivity contribution in [3.63, 3.8) is 0 Å². The van der Waals surface area contributed by atoms with Gasteiger partial charge in [0.2, 0.25) is 0 Å². The van der Waals surface area contributed by atoms with Crippen LogP contribution in [0.25, 0.3) is 79.3 Å². The lowest BCUT2D eigenvalue weighted by Gasteiger charge is -2.29. The van der Waals surface area contributed by atoms with Gasteiger partial charge in [0.1, 0.15) is 0 Å². The highest BCUT2D eigenvalue weighted by Gasteiger charge is 2.22. The first-order valence-electron chi connectivity index (χ1n) is 30.4. The van der Waals surface area contributed by atoms with Crippen LogP contribution < -0.4 is 9.80 Å². The van der Waals surface area contributed by atoms with Gasteiger partial charge in [-0.3, -0.25) is 0 Å². The molecule has 0 spiro atoms.